The lowest BCUT2D eigenvalue weighted by atomic mass is 10.1. The summed E-state index contributed by atoms with van der Waals surface area (Å²) in [6.07, 6.45) is 1.09. The zero-order valence-electron chi connectivity index (χ0n) is 12.3. The molecule has 1 atom stereocenters. The van der Waals surface area contributed by atoms with E-state index in [0.29, 0.717) is 11.6 Å². The summed E-state index contributed by atoms with van der Waals surface area (Å²) in [6, 6.07) is 7.05. The van der Waals surface area contributed by atoms with Gasteiger partial charge in [-0.05, 0) is 57.1 Å². The molecule has 19 heavy (non-hydrogen) atoms. The maximum atomic E-state index is 12.1. The van der Waals surface area contributed by atoms with Crippen LogP contribution >= 0.6 is 0 Å². The first-order valence-corrected chi connectivity index (χ1v) is 6.76. The summed E-state index contributed by atoms with van der Waals surface area (Å²) < 4.78 is 0. The number of carbonyl (C=O) groups is 1. The van der Waals surface area contributed by atoms with E-state index >= 15 is 0 Å². The van der Waals surface area contributed by atoms with Crippen LogP contribution in [0.25, 0.3) is 0 Å². The molecular formula is C15H25N3O. The molecule has 4 heteroatoms. The van der Waals surface area contributed by atoms with E-state index in [2.05, 4.69) is 24.1 Å². The van der Waals surface area contributed by atoms with Crippen LogP contribution in [0.15, 0.2) is 24.3 Å². The summed E-state index contributed by atoms with van der Waals surface area (Å²) in [4.78, 5) is 14.2. The van der Waals surface area contributed by atoms with Gasteiger partial charge in [0.2, 0.25) is 5.91 Å². The number of carbonyl (C=O) groups excluding carboxylic acids is 1. The van der Waals surface area contributed by atoms with Crippen LogP contribution in [0.2, 0.25) is 0 Å². The molecule has 0 aliphatic carbocycles. The molecule has 0 aliphatic heterocycles. The quantitative estimate of drug-likeness (QED) is 0.776. The Morgan fingerprint density at radius 2 is 1.84 bits per heavy atom. The van der Waals surface area contributed by atoms with Crippen molar-refractivity contribution in [2.24, 2.45) is 5.92 Å². The molecule has 0 aromatic heterocycles. The van der Waals surface area contributed by atoms with E-state index in [9.17, 15) is 4.79 Å². The molecule has 0 aliphatic rings. The van der Waals surface area contributed by atoms with E-state index in [1.165, 1.54) is 0 Å². The van der Waals surface area contributed by atoms with Crippen molar-refractivity contribution in [1.29, 1.82) is 0 Å². The first-order chi connectivity index (χ1) is 8.90. The second-order valence-electron chi connectivity index (χ2n) is 5.45. The van der Waals surface area contributed by atoms with Gasteiger partial charge < -0.3 is 11.1 Å². The predicted molar refractivity (Wildman–Crippen MR) is 81.0 cm³/mol. The summed E-state index contributed by atoms with van der Waals surface area (Å²) in [6.45, 7) is 7.22. The Bertz CT molecular complexity index is 400. The lowest BCUT2D eigenvalue weighted by Crippen LogP contribution is -2.40. The maximum absolute atomic E-state index is 12.1. The highest BCUT2D eigenvalue weighted by Gasteiger charge is 2.17. The van der Waals surface area contributed by atoms with Crippen LogP contribution in [-0.4, -0.2) is 30.4 Å². The number of nitrogens with two attached hydrogens (primary N) is 1. The Labute approximate surface area is 116 Å². The standard InChI is InChI=1S/C15H25N3O/c1-11(2)9-10-18(4)12(3)15(19)17-14-7-5-13(16)6-8-14/h5-8,11-12H,9-10,16H2,1-4H3,(H,17,19). The van der Waals surface area contributed by atoms with Crippen LogP contribution < -0.4 is 11.1 Å². The van der Waals surface area contributed by atoms with Gasteiger partial charge in [-0.1, -0.05) is 13.8 Å². The van der Waals surface area contributed by atoms with Crippen molar-refractivity contribution in [2.75, 3.05) is 24.6 Å². The fraction of sp³-hybridized carbons (Fsp3) is 0.533. The molecule has 0 saturated carbocycles. The van der Waals surface area contributed by atoms with E-state index < -0.39 is 0 Å². The van der Waals surface area contributed by atoms with E-state index in [0.717, 1.165) is 18.7 Å². The lowest BCUT2D eigenvalue weighted by molar-refractivity contribution is -0.120. The monoisotopic (exact) mass is 263 g/mol. The minimum absolute atomic E-state index is 0.0102. The molecule has 4 nitrogen and oxygen atoms in total. The molecule has 1 aromatic rings. The fourth-order valence-corrected chi connectivity index (χ4v) is 1.67. The Morgan fingerprint density at radius 1 is 1.26 bits per heavy atom. The highest BCUT2D eigenvalue weighted by atomic mass is 16.2. The van der Waals surface area contributed by atoms with Crippen LogP contribution in [0.1, 0.15) is 27.2 Å². The molecule has 0 spiro atoms. The fourth-order valence-electron chi connectivity index (χ4n) is 1.67. The molecule has 0 radical (unpaired) electrons. The van der Waals surface area contributed by atoms with Crippen LogP contribution in [0.4, 0.5) is 11.4 Å². The number of nitrogens with zero attached hydrogens (tertiary/aromatic N) is 1. The topological polar surface area (TPSA) is 58.4 Å². The van der Waals surface area contributed by atoms with E-state index in [1.54, 1.807) is 12.1 Å². The van der Waals surface area contributed by atoms with Gasteiger partial charge in [0.25, 0.3) is 0 Å². The minimum atomic E-state index is -0.142. The summed E-state index contributed by atoms with van der Waals surface area (Å²) in [7, 11) is 1.98. The maximum Gasteiger partial charge on any atom is 0.241 e. The molecule has 106 valence electrons. The Hall–Kier alpha value is -1.55. The number of hydrogen-bond donors (Lipinski definition) is 2. The van der Waals surface area contributed by atoms with Crippen molar-refractivity contribution in [2.45, 2.75) is 33.2 Å². The van der Waals surface area contributed by atoms with E-state index in [4.69, 9.17) is 5.73 Å². The zero-order valence-corrected chi connectivity index (χ0v) is 12.3. The number of nitrogen functional groups attached to an aromatic ring is 1. The van der Waals surface area contributed by atoms with Crippen molar-refractivity contribution in [3.05, 3.63) is 24.3 Å². The van der Waals surface area contributed by atoms with Crippen LogP contribution in [0, 0.1) is 5.92 Å². The molecule has 0 saturated heterocycles. The molecule has 1 aromatic carbocycles. The molecule has 0 bridgehead atoms. The number of benzene rings is 1. The summed E-state index contributed by atoms with van der Waals surface area (Å²) in [5.41, 5.74) is 7.09. The Balaban J connectivity index is 2.50. The number of hydrogen-bond acceptors (Lipinski definition) is 3. The van der Waals surface area contributed by atoms with Gasteiger partial charge in [-0.2, -0.15) is 0 Å². The van der Waals surface area contributed by atoms with Crippen molar-refractivity contribution in [1.82, 2.24) is 4.90 Å². The number of likely N-dealkylation sites (N-methyl/N-ethyl adjacent to an activating group) is 1. The van der Waals surface area contributed by atoms with Crippen LogP contribution in [0.5, 0.6) is 0 Å². The third-order valence-electron chi connectivity index (χ3n) is 3.28. The normalized spacial score (nSPS) is 12.7. The largest absolute Gasteiger partial charge is 0.399 e. The van der Waals surface area contributed by atoms with Crippen molar-refractivity contribution in [3.8, 4) is 0 Å². The number of amides is 1. The third kappa shape index (κ3) is 5.30. The molecule has 0 heterocycles. The summed E-state index contributed by atoms with van der Waals surface area (Å²) in [5, 5.41) is 2.90. The van der Waals surface area contributed by atoms with Gasteiger partial charge in [0, 0.05) is 11.4 Å². The zero-order chi connectivity index (χ0) is 14.4. The van der Waals surface area contributed by atoms with Crippen molar-refractivity contribution in [3.63, 3.8) is 0 Å². The van der Waals surface area contributed by atoms with E-state index in [1.807, 2.05) is 26.1 Å². The van der Waals surface area contributed by atoms with Crippen molar-refractivity contribution < 1.29 is 4.79 Å². The number of anilines is 2. The highest BCUT2D eigenvalue weighted by molar-refractivity contribution is 5.94. The second-order valence-corrected chi connectivity index (χ2v) is 5.45. The predicted octanol–water partition coefficient (Wildman–Crippen LogP) is 2.57. The minimum Gasteiger partial charge on any atom is -0.399 e. The second kappa shape index (κ2) is 7.14. The number of rotatable bonds is 6. The van der Waals surface area contributed by atoms with E-state index in [-0.39, 0.29) is 11.9 Å². The average Bonchev–Trinajstić information content (AvgIpc) is 2.37. The molecule has 1 amide bonds. The number of nitrogens with one attached hydrogen (secondary N) is 1. The van der Waals surface area contributed by atoms with Gasteiger partial charge in [0.1, 0.15) is 0 Å². The molecular weight excluding hydrogens is 238 g/mol. The van der Waals surface area contributed by atoms with Crippen LogP contribution in [0.3, 0.4) is 0 Å². The summed E-state index contributed by atoms with van der Waals surface area (Å²) in [5.74, 6) is 0.658. The first-order valence-electron chi connectivity index (χ1n) is 6.76. The average molecular weight is 263 g/mol. The molecule has 1 unspecified atom stereocenters. The molecule has 3 N–H and O–H groups in total. The third-order valence-corrected chi connectivity index (χ3v) is 3.28. The van der Waals surface area contributed by atoms with Crippen LogP contribution in [-0.2, 0) is 4.79 Å². The van der Waals surface area contributed by atoms with Gasteiger partial charge in [-0.3, -0.25) is 9.69 Å². The Kier molecular flexibility index (Phi) is 5.83. The van der Waals surface area contributed by atoms with Gasteiger partial charge in [0.15, 0.2) is 0 Å². The smallest absolute Gasteiger partial charge is 0.241 e. The SMILES string of the molecule is CC(C)CCN(C)C(C)C(=O)Nc1ccc(N)cc1. The molecule has 1 rings (SSSR count). The summed E-state index contributed by atoms with van der Waals surface area (Å²) >= 11 is 0. The first kappa shape index (κ1) is 15.5. The van der Waals surface area contributed by atoms with Crippen molar-refractivity contribution >= 4 is 17.3 Å². The Morgan fingerprint density at radius 3 is 2.37 bits per heavy atom. The molecule has 0 fully saturated rings. The van der Waals surface area contributed by atoms with Gasteiger partial charge in [-0.15, -0.1) is 0 Å². The van der Waals surface area contributed by atoms with Gasteiger partial charge >= 0.3 is 0 Å². The van der Waals surface area contributed by atoms with Gasteiger partial charge in [0.05, 0.1) is 6.04 Å². The lowest BCUT2D eigenvalue weighted by Gasteiger charge is -2.24. The highest BCUT2D eigenvalue weighted by Crippen LogP contribution is 2.12. The van der Waals surface area contributed by atoms with Gasteiger partial charge in [-0.25, -0.2) is 0 Å².